The number of carbonyl (C=O) groups excluding carboxylic acids is 1. The molecule has 1 aliphatic carbocycles. The van der Waals surface area contributed by atoms with Crippen LogP contribution in [0.2, 0.25) is 0 Å². The highest BCUT2D eigenvalue weighted by Gasteiger charge is 2.35. The highest BCUT2D eigenvalue weighted by atomic mass is 16.3. The third kappa shape index (κ3) is 7.86. The molecular weight excluding hydrogens is 338 g/mol. The molecule has 4 nitrogen and oxygen atoms in total. The van der Waals surface area contributed by atoms with Crippen molar-refractivity contribution in [2.75, 3.05) is 14.1 Å². The Morgan fingerprint density at radius 1 is 1.30 bits per heavy atom. The van der Waals surface area contributed by atoms with Crippen LogP contribution in [0.3, 0.4) is 0 Å². The fourth-order valence-electron chi connectivity index (χ4n) is 3.86. The highest BCUT2D eigenvalue weighted by Crippen LogP contribution is 2.36. The van der Waals surface area contributed by atoms with E-state index < -0.39 is 11.7 Å². The van der Waals surface area contributed by atoms with E-state index in [0.717, 1.165) is 38.5 Å². The monoisotopic (exact) mass is 373 g/mol. The number of aryl methyl sites for hydroxylation is 1. The van der Waals surface area contributed by atoms with Crippen LogP contribution in [0.15, 0.2) is 42.5 Å². The van der Waals surface area contributed by atoms with Gasteiger partial charge in [0, 0.05) is 14.1 Å². The lowest BCUT2D eigenvalue weighted by molar-refractivity contribution is -0.135. The Hall–Kier alpha value is -1.65. The van der Waals surface area contributed by atoms with E-state index in [1.165, 1.54) is 10.5 Å². The predicted molar refractivity (Wildman–Crippen MR) is 109 cm³/mol. The zero-order chi connectivity index (χ0) is 19.7. The van der Waals surface area contributed by atoms with Crippen LogP contribution in [0, 0.1) is 5.92 Å². The van der Waals surface area contributed by atoms with Gasteiger partial charge in [0.2, 0.25) is 5.91 Å². The summed E-state index contributed by atoms with van der Waals surface area (Å²) in [5.41, 5.74) is 0.436. The number of aliphatic hydroxyl groups is 2. The Kier molecular flexibility index (Phi) is 8.52. The molecule has 1 aliphatic rings. The maximum atomic E-state index is 11.9. The second-order valence-corrected chi connectivity index (χ2v) is 8.23. The molecule has 1 saturated carbocycles. The number of rotatable bonds is 9. The van der Waals surface area contributed by atoms with E-state index in [-0.39, 0.29) is 18.2 Å². The van der Waals surface area contributed by atoms with Crippen molar-refractivity contribution in [3.05, 3.63) is 48.0 Å². The lowest BCUT2D eigenvalue weighted by Crippen LogP contribution is -2.40. The minimum atomic E-state index is -0.907. The molecule has 1 amide bonds. The molecule has 0 aliphatic heterocycles. The first-order valence-corrected chi connectivity index (χ1v) is 10.2. The second-order valence-electron chi connectivity index (χ2n) is 8.23. The van der Waals surface area contributed by atoms with Crippen LogP contribution in [-0.4, -0.2) is 46.8 Å². The van der Waals surface area contributed by atoms with Crippen molar-refractivity contribution in [1.82, 2.24) is 4.90 Å². The highest BCUT2D eigenvalue weighted by molar-refractivity contribution is 5.76. The van der Waals surface area contributed by atoms with Gasteiger partial charge in [0.15, 0.2) is 0 Å². The summed E-state index contributed by atoms with van der Waals surface area (Å²) in [4.78, 5) is 13.5. The molecule has 1 fully saturated rings. The number of allylic oxidation sites excluding steroid dienone is 1. The van der Waals surface area contributed by atoms with Crippen LogP contribution in [0.25, 0.3) is 0 Å². The van der Waals surface area contributed by atoms with Gasteiger partial charge in [-0.3, -0.25) is 4.79 Å². The molecular formula is C23H35NO3. The van der Waals surface area contributed by atoms with Crippen molar-refractivity contribution in [3.63, 3.8) is 0 Å². The van der Waals surface area contributed by atoms with Crippen molar-refractivity contribution >= 4 is 5.91 Å². The van der Waals surface area contributed by atoms with Crippen molar-refractivity contribution in [3.8, 4) is 0 Å². The summed E-state index contributed by atoms with van der Waals surface area (Å²) in [5, 5.41) is 21.0. The number of aliphatic hydroxyl groups excluding tert-OH is 1. The standard InChI is InChI=1S/C23H35NO3/c1-24(2)22(26)18-23(27)16-8-12-20(17-23)14-15-21(25)13-7-6-11-19-9-4-3-5-10-19/h3-5,9-10,14-15,20-21,25,27H,6-8,11-13,16-18H2,1-2H3/b15-14+/t20-,21+,23+/m1/s1. The molecule has 0 unspecified atom stereocenters. The number of nitrogens with zero attached hydrogens (tertiary/aromatic N) is 1. The van der Waals surface area contributed by atoms with Crippen molar-refractivity contribution in [1.29, 1.82) is 0 Å². The minimum Gasteiger partial charge on any atom is -0.389 e. The summed E-state index contributed by atoms with van der Waals surface area (Å²) >= 11 is 0. The van der Waals surface area contributed by atoms with E-state index in [9.17, 15) is 15.0 Å². The summed E-state index contributed by atoms with van der Waals surface area (Å²) < 4.78 is 0. The molecule has 0 radical (unpaired) electrons. The van der Waals surface area contributed by atoms with Crippen LogP contribution < -0.4 is 0 Å². The fraction of sp³-hybridized carbons (Fsp3) is 0.609. The maximum Gasteiger partial charge on any atom is 0.224 e. The van der Waals surface area contributed by atoms with Gasteiger partial charge in [-0.05, 0) is 56.4 Å². The number of hydrogen-bond donors (Lipinski definition) is 2. The molecule has 2 rings (SSSR count). The Bertz CT molecular complexity index is 599. The van der Waals surface area contributed by atoms with Crippen LogP contribution in [0.5, 0.6) is 0 Å². The summed E-state index contributed by atoms with van der Waals surface area (Å²) in [6.45, 7) is 0. The third-order valence-electron chi connectivity index (χ3n) is 5.50. The Morgan fingerprint density at radius 3 is 2.74 bits per heavy atom. The first-order chi connectivity index (χ1) is 12.9. The molecule has 1 aromatic carbocycles. The van der Waals surface area contributed by atoms with Gasteiger partial charge in [0.05, 0.1) is 18.1 Å². The molecule has 150 valence electrons. The van der Waals surface area contributed by atoms with Gasteiger partial charge in [-0.2, -0.15) is 0 Å². The molecule has 2 N–H and O–H groups in total. The van der Waals surface area contributed by atoms with E-state index in [1.807, 2.05) is 18.2 Å². The lowest BCUT2D eigenvalue weighted by atomic mass is 9.76. The number of hydrogen-bond acceptors (Lipinski definition) is 3. The molecule has 4 heteroatoms. The zero-order valence-corrected chi connectivity index (χ0v) is 16.8. The number of unbranched alkanes of at least 4 members (excludes halogenated alkanes) is 1. The van der Waals surface area contributed by atoms with E-state index in [0.29, 0.717) is 12.8 Å². The largest absolute Gasteiger partial charge is 0.389 e. The van der Waals surface area contributed by atoms with Crippen LogP contribution in [-0.2, 0) is 11.2 Å². The van der Waals surface area contributed by atoms with Gasteiger partial charge >= 0.3 is 0 Å². The average molecular weight is 374 g/mol. The topological polar surface area (TPSA) is 60.8 Å². The first-order valence-electron chi connectivity index (χ1n) is 10.2. The summed E-state index contributed by atoms with van der Waals surface area (Å²) in [6.07, 6.45) is 10.8. The smallest absolute Gasteiger partial charge is 0.224 e. The van der Waals surface area contributed by atoms with Crippen LogP contribution >= 0.6 is 0 Å². The fourth-order valence-corrected chi connectivity index (χ4v) is 3.86. The molecule has 0 spiro atoms. The summed E-state index contributed by atoms with van der Waals surface area (Å²) in [7, 11) is 3.44. The van der Waals surface area contributed by atoms with Crippen molar-refractivity contribution in [2.45, 2.75) is 69.5 Å². The molecule has 3 atom stereocenters. The van der Waals surface area contributed by atoms with E-state index in [2.05, 4.69) is 24.3 Å². The van der Waals surface area contributed by atoms with Gasteiger partial charge in [0.1, 0.15) is 0 Å². The number of carbonyl (C=O) groups is 1. The van der Waals surface area contributed by atoms with E-state index >= 15 is 0 Å². The number of benzene rings is 1. The molecule has 1 aromatic rings. The average Bonchev–Trinajstić information content (AvgIpc) is 2.64. The van der Waals surface area contributed by atoms with Gasteiger partial charge in [0.25, 0.3) is 0 Å². The second kappa shape index (κ2) is 10.6. The van der Waals surface area contributed by atoms with Crippen molar-refractivity contribution in [2.24, 2.45) is 5.92 Å². The van der Waals surface area contributed by atoms with Gasteiger partial charge in [-0.15, -0.1) is 0 Å². The molecule has 0 bridgehead atoms. The van der Waals surface area contributed by atoms with Gasteiger partial charge in [-0.25, -0.2) is 0 Å². The predicted octanol–water partition coefficient (Wildman–Crippen LogP) is 3.72. The number of amides is 1. The van der Waals surface area contributed by atoms with Crippen molar-refractivity contribution < 1.29 is 15.0 Å². The van der Waals surface area contributed by atoms with E-state index in [4.69, 9.17) is 0 Å². The normalized spacial score (nSPS) is 24.1. The summed E-state index contributed by atoms with van der Waals surface area (Å²) in [5.74, 6) is 0.207. The Morgan fingerprint density at radius 2 is 2.04 bits per heavy atom. The first kappa shape index (κ1) is 21.6. The SMILES string of the molecule is CN(C)C(=O)C[C@]1(O)CCC[C@H](/C=C/[C@@H](O)CCCCc2ccccc2)C1. The summed E-state index contributed by atoms with van der Waals surface area (Å²) in [6, 6.07) is 10.4. The maximum absolute atomic E-state index is 11.9. The quantitative estimate of drug-likeness (QED) is 0.512. The third-order valence-corrected chi connectivity index (χ3v) is 5.50. The molecule has 0 saturated heterocycles. The van der Waals surface area contributed by atoms with Gasteiger partial charge in [-0.1, -0.05) is 48.9 Å². The molecule has 0 aromatic heterocycles. The zero-order valence-electron chi connectivity index (χ0n) is 16.8. The lowest BCUT2D eigenvalue weighted by Gasteiger charge is -2.36. The van der Waals surface area contributed by atoms with Gasteiger partial charge < -0.3 is 15.1 Å². The van der Waals surface area contributed by atoms with Crippen LogP contribution in [0.1, 0.15) is 56.9 Å². The minimum absolute atomic E-state index is 0.0272. The Labute approximate surface area is 163 Å². The molecule has 0 heterocycles. The molecule has 27 heavy (non-hydrogen) atoms. The van der Waals surface area contributed by atoms with E-state index in [1.54, 1.807) is 14.1 Å². The van der Waals surface area contributed by atoms with Crippen LogP contribution in [0.4, 0.5) is 0 Å². The Balaban J connectivity index is 1.71.